The molecule has 1 aliphatic rings. The van der Waals surface area contributed by atoms with Gasteiger partial charge in [-0.05, 0) is 43.0 Å². The minimum absolute atomic E-state index is 0.228. The van der Waals surface area contributed by atoms with E-state index in [4.69, 9.17) is 4.74 Å². The molecule has 1 aliphatic heterocycles. The monoisotopic (exact) mass is 448 g/mol. The SMILES string of the molecule is COc1ccccc1C1=C(Nc2cccc3ccccc23)C(=O)N(c2ccc(C)cc2C)C1=O. The summed E-state index contributed by atoms with van der Waals surface area (Å²) in [5.74, 6) is -0.256. The van der Waals surface area contributed by atoms with Gasteiger partial charge in [0.15, 0.2) is 0 Å². The van der Waals surface area contributed by atoms with Gasteiger partial charge in [-0.25, -0.2) is 4.90 Å². The van der Waals surface area contributed by atoms with Gasteiger partial charge in [-0.1, -0.05) is 72.3 Å². The summed E-state index contributed by atoms with van der Waals surface area (Å²) < 4.78 is 5.55. The summed E-state index contributed by atoms with van der Waals surface area (Å²) in [6.45, 7) is 3.89. The number of hydrogen-bond acceptors (Lipinski definition) is 4. The van der Waals surface area contributed by atoms with E-state index >= 15 is 0 Å². The molecule has 4 aromatic rings. The van der Waals surface area contributed by atoms with Crippen molar-refractivity contribution in [2.75, 3.05) is 17.3 Å². The third-order valence-corrected chi connectivity index (χ3v) is 6.10. The van der Waals surface area contributed by atoms with Gasteiger partial charge in [0.1, 0.15) is 11.4 Å². The molecule has 0 saturated carbocycles. The van der Waals surface area contributed by atoms with Crippen LogP contribution in [0, 0.1) is 13.8 Å². The van der Waals surface area contributed by atoms with E-state index in [0.717, 1.165) is 27.6 Å². The van der Waals surface area contributed by atoms with Gasteiger partial charge >= 0.3 is 0 Å². The second kappa shape index (κ2) is 8.52. The Bertz CT molecular complexity index is 1480. The number of methoxy groups -OCH3 is 1. The number of anilines is 2. The molecule has 5 nitrogen and oxygen atoms in total. The molecule has 1 heterocycles. The highest BCUT2D eigenvalue weighted by molar-refractivity contribution is 6.46. The second-order valence-corrected chi connectivity index (χ2v) is 8.34. The number of fused-ring (bicyclic) bond motifs is 1. The number of rotatable bonds is 5. The molecule has 0 fully saturated rings. The molecule has 2 amide bonds. The number of nitrogens with zero attached hydrogens (tertiary/aromatic N) is 1. The van der Waals surface area contributed by atoms with Crippen LogP contribution in [0.4, 0.5) is 11.4 Å². The zero-order valence-corrected chi connectivity index (χ0v) is 19.3. The maximum Gasteiger partial charge on any atom is 0.282 e. The number of aryl methyl sites for hydroxylation is 2. The minimum atomic E-state index is -0.397. The average molecular weight is 449 g/mol. The van der Waals surface area contributed by atoms with Gasteiger partial charge in [0.2, 0.25) is 0 Å². The number of hydrogen-bond donors (Lipinski definition) is 1. The van der Waals surface area contributed by atoms with Gasteiger partial charge in [-0.3, -0.25) is 9.59 Å². The van der Waals surface area contributed by atoms with Crippen molar-refractivity contribution in [3.8, 4) is 5.75 Å². The van der Waals surface area contributed by atoms with Crippen molar-refractivity contribution in [3.05, 3.63) is 107 Å². The van der Waals surface area contributed by atoms with E-state index in [9.17, 15) is 9.59 Å². The molecule has 0 aliphatic carbocycles. The fourth-order valence-corrected chi connectivity index (χ4v) is 4.49. The highest BCUT2D eigenvalue weighted by Crippen LogP contribution is 2.39. The number of carbonyl (C=O) groups is 2. The quantitative estimate of drug-likeness (QED) is 0.389. The molecule has 0 aromatic heterocycles. The Hall–Kier alpha value is -4.38. The Morgan fingerprint density at radius 3 is 2.32 bits per heavy atom. The van der Waals surface area contributed by atoms with Crippen LogP contribution >= 0.6 is 0 Å². The molecule has 0 bridgehead atoms. The van der Waals surface area contributed by atoms with Crippen LogP contribution in [0.15, 0.2) is 90.6 Å². The molecular formula is C29H24N2O3. The lowest BCUT2D eigenvalue weighted by Gasteiger charge is -2.18. The third kappa shape index (κ3) is 3.52. The summed E-state index contributed by atoms with van der Waals surface area (Å²) in [6.07, 6.45) is 0. The number of ether oxygens (including phenoxy) is 1. The molecule has 34 heavy (non-hydrogen) atoms. The molecule has 0 spiro atoms. The van der Waals surface area contributed by atoms with Crippen LogP contribution in [0.5, 0.6) is 5.75 Å². The van der Waals surface area contributed by atoms with E-state index in [1.54, 1.807) is 19.2 Å². The molecule has 0 unspecified atom stereocenters. The van der Waals surface area contributed by atoms with Gasteiger partial charge in [-0.15, -0.1) is 0 Å². The maximum absolute atomic E-state index is 13.8. The number of amides is 2. The topological polar surface area (TPSA) is 58.6 Å². The predicted molar refractivity (Wildman–Crippen MR) is 136 cm³/mol. The van der Waals surface area contributed by atoms with Crippen LogP contribution in [0.3, 0.4) is 0 Å². The highest BCUT2D eigenvalue weighted by atomic mass is 16.5. The first-order chi connectivity index (χ1) is 16.5. The van der Waals surface area contributed by atoms with Gasteiger partial charge in [0, 0.05) is 16.6 Å². The van der Waals surface area contributed by atoms with Crippen molar-refractivity contribution in [1.29, 1.82) is 0 Å². The Balaban J connectivity index is 1.70. The van der Waals surface area contributed by atoms with Crippen molar-refractivity contribution < 1.29 is 14.3 Å². The van der Waals surface area contributed by atoms with Gasteiger partial charge < -0.3 is 10.1 Å². The fraction of sp³-hybridized carbons (Fsp3) is 0.103. The predicted octanol–water partition coefficient (Wildman–Crippen LogP) is 5.86. The normalized spacial score (nSPS) is 13.7. The van der Waals surface area contributed by atoms with E-state index < -0.39 is 5.91 Å². The van der Waals surface area contributed by atoms with Crippen molar-refractivity contribution in [2.24, 2.45) is 0 Å². The van der Waals surface area contributed by atoms with Crippen molar-refractivity contribution >= 4 is 39.5 Å². The van der Waals surface area contributed by atoms with Crippen LogP contribution < -0.4 is 15.0 Å². The summed E-state index contributed by atoms with van der Waals surface area (Å²) in [6, 6.07) is 26.7. The molecule has 0 saturated heterocycles. The van der Waals surface area contributed by atoms with Gasteiger partial charge in [0.05, 0.1) is 18.4 Å². The van der Waals surface area contributed by atoms with E-state index in [0.29, 0.717) is 17.0 Å². The Kier molecular flexibility index (Phi) is 5.38. The van der Waals surface area contributed by atoms with Gasteiger partial charge in [0.25, 0.3) is 11.8 Å². The number of imide groups is 1. The largest absolute Gasteiger partial charge is 0.496 e. The number of nitrogens with one attached hydrogen (secondary N) is 1. The highest BCUT2D eigenvalue weighted by Gasteiger charge is 2.41. The lowest BCUT2D eigenvalue weighted by Crippen LogP contribution is -2.33. The van der Waals surface area contributed by atoms with Gasteiger partial charge in [-0.2, -0.15) is 0 Å². The van der Waals surface area contributed by atoms with E-state index in [1.165, 1.54) is 4.90 Å². The molecule has 4 aromatic carbocycles. The Morgan fingerprint density at radius 2 is 1.53 bits per heavy atom. The summed E-state index contributed by atoms with van der Waals surface area (Å²) in [5.41, 5.74) is 4.33. The van der Waals surface area contributed by atoms with Crippen LogP contribution in [0.1, 0.15) is 16.7 Å². The molecule has 0 atom stereocenters. The molecule has 5 heteroatoms. The third-order valence-electron chi connectivity index (χ3n) is 6.10. The average Bonchev–Trinajstić information content (AvgIpc) is 3.08. The number of para-hydroxylation sites is 1. The van der Waals surface area contributed by atoms with Crippen LogP contribution in [0.2, 0.25) is 0 Å². The molecular weight excluding hydrogens is 424 g/mol. The fourth-order valence-electron chi connectivity index (χ4n) is 4.49. The van der Waals surface area contributed by atoms with Crippen LogP contribution in [0.25, 0.3) is 16.3 Å². The lowest BCUT2D eigenvalue weighted by atomic mass is 10.0. The first-order valence-electron chi connectivity index (χ1n) is 11.1. The molecule has 168 valence electrons. The number of carbonyl (C=O) groups excluding carboxylic acids is 2. The Labute approximate surface area is 198 Å². The summed E-state index contributed by atoms with van der Waals surface area (Å²) in [5, 5.41) is 5.30. The smallest absolute Gasteiger partial charge is 0.282 e. The molecule has 1 N–H and O–H groups in total. The van der Waals surface area contributed by atoms with E-state index in [1.807, 2.05) is 86.6 Å². The zero-order chi connectivity index (χ0) is 23.8. The number of benzene rings is 4. The summed E-state index contributed by atoms with van der Waals surface area (Å²) >= 11 is 0. The lowest BCUT2D eigenvalue weighted by molar-refractivity contribution is -0.120. The van der Waals surface area contributed by atoms with Crippen LogP contribution in [-0.4, -0.2) is 18.9 Å². The van der Waals surface area contributed by atoms with Crippen molar-refractivity contribution in [3.63, 3.8) is 0 Å². The molecule has 5 rings (SSSR count). The van der Waals surface area contributed by atoms with E-state index in [-0.39, 0.29) is 17.2 Å². The first kappa shape index (κ1) is 21.5. The van der Waals surface area contributed by atoms with E-state index in [2.05, 4.69) is 5.32 Å². The summed E-state index contributed by atoms with van der Waals surface area (Å²) in [4.78, 5) is 28.9. The van der Waals surface area contributed by atoms with Crippen LogP contribution in [-0.2, 0) is 9.59 Å². The minimum Gasteiger partial charge on any atom is -0.496 e. The van der Waals surface area contributed by atoms with Crippen molar-refractivity contribution in [2.45, 2.75) is 13.8 Å². The maximum atomic E-state index is 13.8. The van der Waals surface area contributed by atoms with Crippen molar-refractivity contribution in [1.82, 2.24) is 0 Å². The standard InChI is InChI=1S/C29H24N2O3/c1-18-15-16-24(19(2)17-18)31-28(32)26(22-12-6-7-14-25(22)34-3)27(29(31)33)30-23-13-8-10-20-9-4-5-11-21(20)23/h4-17,30H,1-3H3. The zero-order valence-electron chi connectivity index (χ0n) is 19.3. The first-order valence-corrected chi connectivity index (χ1v) is 11.1. The molecule has 0 radical (unpaired) electrons. The second-order valence-electron chi connectivity index (χ2n) is 8.34. The Morgan fingerprint density at radius 1 is 0.794 bits per heavy atom. The summed E-state index contributed by atoms with van der Waals surface area (Å²) in [7, 11) is 1.56.